The molecule has 2 N–H and O–H groups in total. The summed E-state index contributed by atoms with van der Waals surface area (Å²) in [5.74, 6) is 0.629. The van der Waals surface area contributed by atoms with Gasteiger partial charge < -0.3 is 10.6 Å². The van der Waals surface area contributed by atoms with Gasteiger partial charge in [-0.05, 0) is 38.5 Å². The van der Waals surface area contributed by atoms with Crippen LogP contribution in [0.15, 0.2) is 0 Å². The van der Waals surface area contributed by atoms with E-state index >= 15 is 0 Å². The molecule has 0 aromatic carbocycles. The van der Waals surface area contributed by atoms with E-state index in [2.05, 4.69) is 10.6 Å². The Balaban J connectivity index is 1.84. The van der Waals surface area contributed by atoms with Gasteiger partial charge in [-0.3, -0.25) is 9.59 Å². The Kier molecular flexibility index (Phi) is 4.83. The molecule has 0 spiro atoms. The molecule has 1 atom stereocenters. The summed E-state index contributed by atoms with van der Waals surface area (Å²) in [5, 5.41) is 5.95. The van der Waals surface area contributed by atoms with Crippen LogP contribution in [0.5, 0.6) is 0 Å². The normalized spacial score (nSPS) is 29.4. The molecule has 1 saturated heterocycles. The van der Waals surface area contributed by atoms with Crippen molar-refractivity contribution in [1.29, 1.82) is 0 Å². The summed E-state index contributed by atoms with van der Waals surface area (Å²) >= 11 is 0. The molecule has 1 saturated carbocycles. The molecule has 2 amide bonds. The molecule has 4 heteroatoms. The minimum Gasteiger partial charge on any atom is -0.354 e. The summed E-state index contributed by atoms with van der Waals surface area (Å²) in [7, 11) is 0. The number of carbonyl (C=O) groups excluding carboxylic acids is 2. The lowest BCUT2D eigenvalue weighted by Gasteiger charge is -2.29. The van der Waals surface area contributed by atoms with Crippen LogP contribution in [0.25, 0.3) is 0 Å². The van der Waals surface area contributed by atoms with Gasteiger partial charge in [-0.2, -0.15) is 0 Å². The second-order valence-corrected chi connectivity index (χ2v) is 6.30. The van der Waals surface area contributed by atoms with Crippen LogP contribution in [0.1, 0.15) is 64.7 Å². The zero-order valence-electron chi connectivity index (χ0n) is 12.0. The van der Waals surface area contributed by atoms with Crippen LogP contribution in [-0.4, -0.2) is 23.9 Å². The highest BCUT2D eigenvalue weighted by molar-refractivity contribution is 5.91. The minimum atomic E-state index is -0.706. The van der Waals surface area contributed by atoms with E-state index in [0.717, 1.165) is 25.8 Å². The Morgan fingerprint density at radius 2 is 2.00 bits per heavy atom. The molecule has 0 aromatic heterocycles. The molecule has 1 aliphatic heterocycles. The Labute approximate surface area is 115 Å². The van der Waals surface area contributed by atoms with Gasteiger partial charge in [0.15, 0.2) is 0 Å². The summed E-state index contributed by atoms with van der Waals surface area (Å²) in [4.78, 5) is 24.0. The highest BCUT2D eigenvalue weighted by Gasteiger charge is 2.35. The molecule has 1 heterocycles. The number of amides is 2. The maximum absolute atomic E-state index is 12.3. The fraction of sp³-hybridized carbons (Fsp3) is 0.867. The van der Waals surface area contributed by atoms with Crippen LogP contribution in [0.2, 0.25) is 0 Å². The Morgan fingerprint density at radius 3 is 2.74 bits per heavy atom. The maximum atomic E-state index is 12.3. The highest BCUT2D eigenvalue weighted by atomic mass is 16.2. The van der Waals surface area contributed by atoms with Crippen molar-refractivity contribution in [3.05, 3.63) is 0 Å². The van der Waals surface area contributed by atoms with E-state index in [-0.39, 0.29) is 11.8 Å². The molecule has 0 bridgehead atoms. The Bertz CT molecular complexity index is 337. The van der Waals surface area contributed by atoms with Crippen LogP contribution in [0.3, 0.4) is 0 Å². The summed E-state index contributed by atoms with van der Waals surface area (Å²) in [6, 6.07) is 0. The first kappa shape index (κ1) is 14.4. The number of hydrogen-bond donors (Lipinski definition) is 2. The van der Waals surface area contributed by atoms with E-state index in [1.54, 1.807) is 0 Å². The molecule has 0 aromatic rings. The predicted molar refractivity (Wildman–Crippen MR) is 74.6 cm³/mol. The van der Waals surface area contributed by atoms with Crippen molar-refractivity contribution < 1.29 is 9.59 Å². The van der Waals surface area contributed by atoms with Crippen molar-refractivity contribution in [2.75, 3.05) is 6.54 Å². The molecule has 2 fully saturated rings. The van der Waals surface area contributed by atoms with Gasteiger partial charge in [0.25, 0.3) is 0 Å². The van der Waals surface area contributed by atoms with E-state index in [0.29, 0.717) is 12.3 Å². The molecular weight excluding hydrogens is 240 g/mol. The lowest BCUT2D eigenvalue weighted by atomic mass is 9.88. The second kappa shape index (κ2) is 6.40. The summed E-state index contributed by atoms with van der Waals surface area (Å²) in [6.07, 6.45) is 9.47. The standard InChI is InChI=1S/C15H26N2O2/c1-15(10-6-5-9-13(18)17-15)14(19)16-11-12-7-3-2-4-8-12/h12H,2-11H2,1H3,(H,16,19)(H,17,18). The number of nitrogens with one attached hydrogen (secondary N) is 2. The quantitative estimate of drug-likeness (QED) is 0.822. The lowest BCUT2D eigenvalue weighted by Crippen LogP contribution is -2.56. The van der Waals surface area contributed by atoms with Crippen molar-refractivity contribution in [3.8, 4) is 0 Å². The molecule has 108 valence electrons. The van der Waals surface area contributed by atoms with Crippen LogP contribution >= 0.6 is 0 Å². The van der Waals surface area contributed by atoms with E-state index in [1.807, 2.05) is 6.92 Å². The zero-order valence-corrected chi connectivity index (χ0v) is 12.0. The molecule has 2 rings (SSSR count). The second-order valence-electron chi connectivity index (χ2n) is 6.30. The van der Waals surface area contributed by atoms with Crippen LogP contribution < -0.4 is 10.6 Å². The van der Waals surface area contributed by atoms with Crippen LogP contribution in [0.4, 0.5) is 0 Å². The van der Waals surface area contributed by atoms with Gasteiger partial charge in [-0.25, -0.2) is 0 Å². The van der Waals surface area contributed by atoms with Crippen molar-refractivity contribution in [1.82, 2.24) is 10.6 Å². The molecule has 2 aliphatic rings. The zero-order chi connectivity index (χ0) is 13.7. The van der Waals surface area contributed by atoms with Crippen molar-refractivity contribution in [3.63, 3.8) is 0 Å². The van der Waals surface area contributed by atoms with Crippen LogP contribution in [-0.2, 0) is 9.59 Å². The monoisotopic (exact) mass is 266 g/mol. The number of carbonyl (C=O) groups is 2. The largest absolute Gasteiger partial charge is 0.354 e. The van der Waals surface area contributed by atoms with Gasteiger partial charge in [0.1, 0.15) is 5.54 Å². The van der Waals surface area contributed by atoms with Crippen LogP contribution in [0, 0.1) is 5.92 Å². The predicted octanol–water partition coefficient (Wildman–Crippen LogP) is 2.13. The first-order chi connectivity index (χ1) is 9.10. The minimum absolute atomic E-state index is 0.00618. The third kappa shape index (κ3) is 3.95. The number of rotatable bonds is 3. The average Bonchev–Trinajstić information content (AvgIpc) is 2.59. The van der Waals surface area contributed by atoms with E-state index in [1.165, 1.54) is 32.1 Å². The third-order valence-electron chi connectivity index (χ3n) is 4.52. The first-order valence-electron chi connectivity index (χ1n) is 7.69. The molecule has 19 heavy (non-hydrogen) atoms. The number of hydrogen-bond acceptors (Lipinski definition) is 2. The van der Waals surface area contributed by atoms with Gasteiger partial charge in [0, 0.05) is 13.0 Å². The van der Waals surface area contributed by atoms with Gasteiger partial charge >= 0.3 is 0 Å². The summed E-state index contributed by atoms with van der Waals surface area (Å²) < 4.78 is 0. The van der Waals surface area contributed by atoms with E-state index in [9.17, 15) is 9.59 Å². The van der Waals surface area contributed by atoms with Gasteiger partial charge in [-0.15, -0.1) is 0 Å². The Morgan fingerprint density at radius 1 is 1.26 bits per heavy atom. The fourth-order valence-electron chi connectivity index (χ4n) is 3.19. The average molecular weight is 266 g/mol. The van der Waals surface area contributed by atoms with Crippen molar-refractivity contribution in [2.45, 2.75) is 70.3 Å². The van der Waals surface area contributed by atoms with E-state index < -0.39 is 5.54 Å². The van der Waals surface area contributed by atoms with Crippen molar-refractivity contribution >= 4 is 11.8 Å². The molecular formula is C15H26N2O2. The van der Waals surface area contributed by atoms with Gasteiger partial charge in [0.05, 0.1) is 0 Å². The highest BCUT2D eigenvalue weighted by Crippen LogP contribution is 2.24. The summed E-state index contributed by atoms with van der Waals surface area (Å²) in [5.41, 5.74) is -0.706. The Hall–Kier alpha value is -1.06. The molecule has 1 unspecified atom stereocenters. The SMILES string of the molecule is CC1(C(=O)NCC2CCCCC2)CCCCC(=O)N1. The molecule has 1 aliphatic carbocycles. The van der Waals surface area contributed by atoms with Gasteiger partial charge in [0.2, 0.25) is 11.8 Å². The van der Waals surface area contributed by atoms with E-state index in [4.69, 9.17) is 0 Å². The summed E-state index contributed by atoms with van der Waals surface area (Å²) in [6.45, 7) is 2.62. The molecule has 0 radical (unpaired) electrons. The van der Waals surface area contributed by atoms with Gasteiger partial charge in [-0.1, -0.05) is 25.7 Å². The smallest absolute Gasteiger partial charge is 0.245 e. The maximum Gasteiger partial charge on any atom is 0.245 e. The van der Waals surface area contributed by atoms with Crippen molar-refractivity contribution in [2.24, 2.45) is 5.92 Å². The first-order valence-corrected chi connectivity index (χ1v) is 7.69. The fourth-order valence-corrected chi connectivity index (χ4v) is 3.19. The lowest BCUT2D eigenvalue weighted by molar-refractivity contribution is -0.132. The molecule has 4 nitrogen and oxygen atoms in total. The topological polar surface area (TPSA) is 58.2 Å². The third-order valence-corrected chi connectivity index (χ3v) is 4.52.